The fourth-order valence-electron chi connectivity index (χ4n) is 3.33. The molecule has 1 aliphatic carbocycles. The minimum Gasteiger partial charge on any atom is -0.374 e. The van der Waals surface area contributed by atoms with E-state index in [-0.39, 0.29) is 22.5 Å². The van der Waals surface area contributed by atoms with Crippen LogP contribution in [0.3, 0.4) is 0 Å². The molecule has 1 saturated carbocycles. The SMILES string of the molecule is CCOC1(C(Cc2cccc(F)c2Cl)NC)CCCC1. The molecule has 1 aromatic rings. The molecule has 4 heteroatoms. The van der Waals surface area contributed by atoms with E-state index in [9.17, 15) is 4.39 Å². The number of hydrogen-bond donors (Lipinski definition) is 1. The zero-order chi connectivity index (χ0) is 14.6. The maximum atomic E-state index is 13.6. The number of benzene rings is 1. The van der Waals surface area contributed by atoms with Gasteiger partial charge in [-0.3, -0.25) is 0 Å². The number of ether oxygens (including phenoxy) is 1. The van der Waals surface area contributed by atoms with Gasteiger partial charge >= 0.3 is 0 Å². The quantitative estimate of drug-likeness (QED) is 0.858. The van der Waals surface area contributed by atoms with Crippen LogP contribution >= 0.6 is 11.6 Å². The van der Waals surface area contributed by atoms with Crippen LogP contribution in [0.25, 0.3) is 0 Å². The van der Waals surface area contributed by atoms with Crippen LogP contribution in [0.2, 0.25) is 5.02 Å². The third kappa shape index (κ3) is 3.16. The van der Waals surface area contributed by atoms with E-state index in [4.69, 9.17) is 16.3 Å². The first-order chi connectivity index (χ1) is 9.63. The first-order valence-electron chi connectivity index (χ1n) is 7.37. The Hall–Kier alpha value is -0.640. The number of halogens is 2. The van der Waals surface area contributed by atoms with Crippen molar-refractivity contribution in [2.45, 2.75) is 50.7 Å². The van der Waals surface area contributed by atoms with Crippen LogP contribution in [-0.4, -0.2) is 25.3 Å². The van der Waals surface area contributed by atoms with Crippen LogP contribution in [0.5, 0.6) is 0 Å². The molecule has 0 radical (unpaired) electrons. The predicted molar refractivity (Wildman–Crippen MR) is 80.8 cm³/mol. The van der Waals surface area contributed by atoms with Gasteiger partial charge in [0.25, 0.3) is 0 Å². The molecule has 0 aromatic heterocycles. The molecule has 1 atom stereocenters. The molecular weight excluding hydrogens is 277 g/mol. The molecule has 112 valence electrons. The molecule has 0 amide bonds. The Morgan fingerprint density at radius 1 is 1.40 bits per heavy atom. The molecule has 1 fully saturated rings. The van der Waals surface area contributed by atoms with Crippen LogP contribution in [0, 0.1) is 5.82 Å². The summed E-state index contributed by atoms with van der Waals surface area (Å²) in [6.07, 6.45) is 5.18. The summed E-state index contributed by atoms with van der Waals surface area (Å²) in [6.45, 7) is 2.73. The van der Waals surface area contributed by atoms with Gasteiger partial charge < -0.3 is 10.1 Å². The molecule has 2 nitrogen and oxygen atoms in total. The van der Waals surface area contributed by atoms with Gasteiger partial charge in [0, 0.05) is 12.6 Å². The Balaban J connectivity index is 2.21. The van der Waals surface area contributed by atoms with E-state index < -0.39 is 0 Å². The fourth-order valence-corrected chi connectivity index (χ4v) is 3.53. The van der Waals surface area contributed by atoms with Crippen molar-refractivity contribution in [1.82, 2.24) is 5.32 Å². The highest BCUT2D eigenvalue weighted by Gasteiger charge is 2.41. The van der Waals surface area contributed by atoms with Gasteiger partial charge in [-0.25, -0.2) is 4.39 Å². The van der Waals surface area contributed by atoms with E-state index in [1.165, 1.54) is 18.9 Å². The molecular formula is C16H23ClFNO. The van der Waals surface area contributed by atoms with Crippen molar-refractivity contribution < 1.29 is 9.13 Å². The zero-order valence-electron chi connectivity index (χ0n) is 12.2. The minimum atomic E-state index is -0.351. The lowest BCUT2D eigenvalue weighted by atomic mass is 9.87. The van der Waals surface area contributed by atoms with Crippen LogP contribution in [-0.2, 0) is 11.2 Å². The average Bonchev–Trinajstić information content (AvgIpc) is 2.90. The average molecular weight is 300 g/mol. The van der Waals surface area contributed by atoms with Crippen LogP contribution in [0.1, 0.15) is 38.2 Å². The minimum absolute atomic E-state index is 0.140. The van der Waals surface area contributed by atoms with E-state index in [1.54, 1.807) is 6.07 Å². The van der Waals surface area contributed by atoms with Gasteiger partial charge in [0.05, 0.1) is 10.6 Å². The highest BCUT2D eigenvalue weighted by molar-refractivity contribution is 6.31. The summed E-state index contributed by atoms with van der Waals surface area (Å²) >= 11 is 6.08. The zero-order valence-corrected chi connectivity index (χ0v) is 13.0. The Labute approximate surface area is 125 Å². The number of rotatable bonds is 6. The normalized spacial score (nSPS) is 19.2. The van der Waals surface area contributed by atoms with Gasteiger partial charge in [0.1, 0.15) is 5.82 Å². The van der Waals surface area contributed by atoms with Crippen molar-refractivity contribution in [2.75, 3.05) is 13.7 Å². The summed E-state index contributed by atoms with van der Waals surface area (Å²) < 4.78 is 19.7. The number of nitrogens with one attached hydrogen (secondary N) is 1. The smallest absolute Gasteiger partial charge is 0.142 e. The van der Waals surface area contributed by atoms with E-state index in [0.717, 1.165) is 18.4 Å². The Morgan fingerprint density at radius 2 is 2.10 bits per heavy atom. The van der Waals surface area contributed by atoms with E-state index in [2.05, 4.69) is 5.32 Å². The second-order valence-corrected chi connectivity index (χ2v) is 5.84. The van der Waals surface area contributed by atoms with Gasteiger partial charge in [-0.15, -0.1) is 0 Å². The summed E-state index contributed by atoms with van der Waals surface area (Å²) in [5.74, 6) is -0.351. The lowest BCUT2D eigenvalue weighted by molar-refractivity contribution is -0.0597. The van der Waals surface area contributed by atoms with Gasteiger partial charge in [-0.1, -0.05) is 36.6 Å². The second-order valence-electron chi connectivity index (χ2n) is 5.46. The van der Waals surface area contributed by atoms with Crippen molar-refractivity contribution in [3.05, 3.63) is 34.6 Å². The molecule has 0 aliphatic heterocycles. The largest absolute Gasteiger partial charge is 0.374 e. The molecule has 0 saturated heterocycles. The molecule has 1 aliphatic rings. The predicted octanol–water partition coefficient (Wildman–Crippen LogP) is 3.96. The van der Waals surface area contributed by atoms with Crippen molar-refractivity contribution in [3.63, 3.8) is 0 Å². The summed E-state index contributed by atoms with van der Waals surface area (Å²) in [4.78, 5) is 0. The monoisotopic (exact) mass is 299 g/mol. The van der Waals surface area contributed by atoms with Crippen molar-refractivity contribution in [1.29, 1.82) is 0 Å². The third-order valence-electron chi connectivity index (χ3n) is 4.32. The highest BCUT2D eigenvalue weighted by atomic mass is 35.5. The van der Waals surface area contributed by atoms with Gasteiger partial charge in [0.15, 0.2) is 0 Å². The molecule has 0 spiro atoms. The molecule has 1 unspecified atom stereocenters. The lowest BCUT2D eigenvalue weighted by Gasteiger charge is -2.37. The highest BCUT2D eigenvalue weighted by Crippen LogP contribution is 2.38. The number of hydrogen-bond acceptors (Lipinski definition) is 2. The van der Waals surface area contributed by atoms with Crippen LogP contribution < -0.4 is 5.32 Å². The van der Waals surface area contributed by atoms with E-state index in [0.29, 0.717) is 13.0 Å². The Kier molecular flexibility index (Phi) is 5.42. The molecule has 1 N–H and O–H groups in total. The molecule has 1 aromatic carbocycles. The van der Waals surface area contributed by atoms with Crippen LogP contribution in [0.4, 0.5) is 4.39 Å². The first kappa shape index (κ1) is 15.7. The summed E-state index contributed by atoms with van der Waals surface area (Å²) in [5.41, 5.74) is 0.705. The van der Waals surface area contributed by atoms with Gasteiger partial charge in [0.2, 0.25) is 0 Å². The van der Waals surface area contributed by atoms with E-state index in [1.807, 2.05) is 20.0 Å². The van der Waals surface area contributed by atoms with Gasteiger partial charge in [-0.05, 0) is 44.9 Å². The molecule has 20 heavy (non-hydrogen) atoms. The van der Waals surface area contributed by atoms with Crippen molar-refractivity contribution in [3.8, 4) is 0 Å². The van der Waals surface area contributed by atoms with Crippen molar-refractivity contribution >= 4 is 11.6 Å². The Morgan fingerprint density at radius 3 is 2.70 bits per heavy atom. The standard InChI is InChI=1S/C16H23ClFNO/c1-3-20-16(9-4-5-10-16)14(19-2)11-12-7-6-8-13(18)15(12)17/h6-8,14,19H,3-5,9-11H2,1-2H3. The topological polar surface area (TPSA) is 21.3 Å². The maximum absolute atomic E-state index is 13.6. The number of likely N-dealkylation sites (N-methyl/N-ethyl adjacent to an activating group) is 1. The lowest BCUT2D eigenvalue weighted by Crippen LogP contribution is -2.51. The first-order valence-corrected chi connectivity index (χ1v) is 7.75. The van der Waals surface area contributed by atoms with E-state index >= 15 is 0 Å². The second kappa shape index (κ2) is 6.88. The fraction of sp³-hybridized carbons (Fsp3) is 0.625. The summed E-state index contributed by atoms with van der Waals surface area (Å²) in [6, 6.07) is 5.16. The van der Waals surface area contributed by atoms with Crippen molar-refractivity contribution in [2.24, 2.45) is 0 Å². The molecule has 0 heterocycles. The maximum Gasteiger partial charge on any atom is 0.142 e. The van der Waals surface area contributed by atoms with Gasteiger partial charge in [-0.2, -0.15) is 0 Å². The third-order valence-corrected chi connectivity index (χ3v) is 4.74. The summed E-state index contributed by atoms with van der Waals surface area (Å²) in [7, 11) is 1.94. The molecule has 0 bridgehead atoms. The van der Waals surface area contributed by atoms with Crippen LogP contribution in [0.15, 0.2) is 18.2 Å². The Bertz CT molecular complexity index is 446. The molecule has 2 rings (SSSR count). The summed E-state index contributed by atoms with van der Waals surface area (Å²) in [5, 5.41) is 3.59.